The van der Waals surface area contributed by atoms with E-state index in [1.807, 2.05) is 6.07 Å². The van der Waals surface area contributed by atoms with Gasteiger partial charge in [-0.15, -0.1) is 0 Å². The Morgan fingerprint density at radius 2 is 1.97 bits per heavy atom. The lowest BCUT2D eigenvalue weighted by atomic mass is 9.84. The number of aromatic nitrogens is 4. The Morgan fingerprint density at radius 3 is 2.72 bits per heavy atom. The second kappa shape index (κ2) is 8.20. The molecule has 182 valence electrons. The summed E-state index contributed by atoms with van der Waals surface area (Å²) in [6, 6.07) is 11.8. The van der Waals surface area contributed by atoms with E-state index < -0.39 is 5.41 Å². The van der Waals surface area contributed by atoms with Crippen molar-refractivity contribution in [2.45, 2.75) is 45.1 Å². The highest BCUT2D eigenvalue weighted by atomic mass is 35.5. The van der Waals surface area contributed by atoms with E-state index in [0.717, 1.165) is 12.8 Å². The lowest BCUT2D eigenvalue weighted by Gasteiger charge is -2.17. The van der Waals surface area contributed by atoms with E-state index in [1.54, 1.807) is 48.9 Å². The summed E-state index contributed by atoms with van der Waals surface area (Å²) in [7, 11) is 0. The zero-order chi connectivity index (χ0) is 25.2. The summed E-state index contributed by atoms with van der Waals surface area (Å²) in [6.07, 6.45) is 2.45. The molecular weight excluding hydrogens is 481 g/mol. The smallest absolute Gasteiger partial charge is 0.235 e. The number of rotatable bonds is 6. The van der Waals surface area contributed by atoms with Crippen molar-refractivity contribution < 1.29 is 14.0 Å². The number of anilines is 1. The van der Waals surface area contributed by atoms with Gasteiger partial charge in [-0.2, -0.15) is 5.10 Å². The van der Waals surface area contributed by atoms with Gasteiger partial charge in [-0.1, -0.05) is 29.8 Å². The van der Waals surface area contributed by atoms with Crippen LogP contribution in [0.1, 0.15) is 54.7 Å². The number of nitrogens with one attached hydrogen (secondary N) is 1. The molecule has 0 unspecified atom stereocenters. The van der Waals surface area contributed by atoms with Crippen molar-refractivity contribution in [3.63, 3.8) is 0 Å². The molecule has 1 aliphatic heterocycles. The van der Waals surface area contributed by atoms with Gasteiger partial charge >= 0.3 is 0 Å². The largest absolute Gasteiger partial charge is 0.310 e. The van der Waals surface area contributed by atoms with Crippen molar-refractivity contribution in [2.75, 3.05) is 5.32 Å². The van der Waals surface area contributed by atoms with Crippen LogP contribution in [0.2, 0.25) is 5.02 Å². The van der Waals surface area contributed by atoms with Gasteiger partial charge in [0.15, 0.2) is 11.6 Å². The monoisotopic (exact) mass is 503 g/mol. The molecule has 1 amide bonds. The molecule has 2 aliphatic rings. The van der Waals surface area contributed by atoms with Crippen molar-refractivity contribution in [2.24, 2.45) is 5.92 Å². The van der Waals surface area contributed by atoms with Crippen molar-refractivity contribution in [1.29, 1.82) is 0 Å². The first-order chi connectivity index (χ1) is 17.2. The van der Waals surface area contributed by atoms with Gasteiger partial charge in [-0.3, -0.25) is 14.3 Å². The first-order valence-electron chi connectivity index (χ1n) is 11.9. The van der Waals surface area contributed by atoms with Gasteiger partial charge < -0.3 is 5.32 Å². The Labute approximate surface area is 211 Å². The summed E-state index contributed by atoms with van der Waals surface area (Å²) in [4.78, 5) is 35.4. The highest BCUT2D eigenvalue weighted by Crippen LogP contribution is 2.42. The highest BCUT2D eigenvalue weighted by molar-refractivity contribution is 6.31. The van der Waals surface area contributed by atoms with Crippen LogP contribution in [0.4, 0.5) is 10.2 Å². The molecule has 1 aliphatic carbocycles. The molecule has 1 saturated carbocycles. The normalized spacial score (nSPS) is 16.3. The van der Waals surface area contributed by atoms with Gasteiger partial charge in [-0.05, 0) is 56.9 Å². The van der Waals surface area contributed by atoms with E-state index in [0.29, 0.717) is 50.9 Å². The number of ketones is 1. The van der Waals surface area contributed by atoms with Crippen LogP contribution < -0.4 is 5.32 Å². The SMILES string of the molecule is CC1(C)C(=O)Nc2nc(-c3nn(Cc4ccccc4F)c4cc(Cl)ccc34)nc(C(=O)CC3CC3)c21. The summed E-state index contributed by atoms with van der Waals surface area (Å²) in [5.41, 5.74) is 1.44. The third-order valence-electron chi connectivity index (χ3n) is 6.97. The van der Waals surface area contributed by atoms with Crippen LogP contribution >= 0.6 is 11.6 Å². The Balaban J connectivity index is 1.53. The highest BCUT2D eigenvalue weighted by Gasteiger charge is 2.44. The maximum atomic E-state index is 14.4. The van der Waals surface area contributed by atoms with E-state index in [4.69, 9.17) is 21.7 Å². The van der Waals surface area contributed by atoms with E-state index in [1.165, 1.54) is 6.07 Å². The zero-order valence-corrected chi connectivity index (χ0v) is 20.6. The number of benzene rings is 2. The van der Waals surface area contributed by atoms with E-state index >= 15 is 0 Å². The average molecular weight is 504 g/mol. The molecule has 1 N–H and O–H groups in total. The number of hydrogen-bond acceptors (Lipinski definition) is 5. The Kier molecular flexibility index (Phi) is 5.19. The van der Waals surface area contributed by atoms with Crippen molar-refractivity contribution in [3.05, 3.63) is 70.1 Å². The molecule has 2 aromatic carbocycles. The first-order valence-corrected chi connectivity index (χ1v) is 12.3. The van der Waals surface area contributed by atoms with E-state index in [-0.39, 0.29) is 35.6 Å². The van der Waals surface area contributed by atoms with Gasteiger partial charge in [0.2, 0.25) is 5.91 Å². The number of halogens is 2. The third kappa shape index (κ3) is 3.76. The van der Waals surface area contributed by atoms with Gasteiger partial charge in [-0.25, -0.2) is 14.4 Å². The molecule has 2 aromatic heterocycles. The van der Waals surface area contributed by atoms with Crippen molar-refractivity contribution >= 4 is 40.0 Å². The van der Waals surface area contributed by atoms with Crippen molar-refractivity contribution in [1.82, 2.24) is 19.7 Å². The third-order valence-corrected chi connectivity index (χ3v) is 7.21. The van der Waals surface area contributed by atoms with E-state index in [2.05, 4.69) is 10.3 Å². The predicted octanol–water partition coefficient (Wildman–Crippen LogP) is 5.55. The molecule has 4 aromatic rings. The van der Waals surface area contributed by atoms with Gasteiger partial charge in [0, 0.05) is 28.0 Å². The number of amides is 1. The Bertz CT molecular complexity index is 1570. The van der Waals surface area contributed by atoms with E-state index in [9.17, 15) is 14.0 Å². The molecule has 7 nitrogen and oxygen atoms in total. The van der Waals surface area contributed by atoms with Crippen LogP contribution in [-0.4, -0.2) is 31.4 Å². The van der Waals surface area contributed by atoms with Crippen LogP contribution in [0, 0.1) is 11.7 Å². The van der Waals surface area contributed by atoms with Crippen LogP contribution in [0.25, 0.3) is 22.4 Å². The topological polar surface area (TPSA) is 89.8 Å². The fraction of sp³-hybridized carbons (Fsp3) is 0.296. The van der Waals surface area contributed by atoms with Gasteiger partial charge in [0.25, 0.3) is 0 Å². The standard InChI is InChI=1S/C27H23ClFN5O2/c1-27(2)21-23(20(35)11-14-7-8-14)30-25(31-24(21)32-26(27)36)22-17-10-9-16(28)12-19(17)34(33-22)13-15-5-3-4-6-18(15)29/h3-6,9-10,12,14H,7-8,11,13H2,1-2H3,(H,30,31,32,36). The van der Waals surface area contributed by atoms with Crippen LogP contribution in [0.15, 0.2) is 42.5 Å². The van der Waals surface area contributed by atoms with Crippen molar-refractivity contribution in [3.8, 4) is 11.5 Å². The number of nitrogens with zero attached hydrogens (tertiary/aromatic N) is 4. The number of Topliss-reactive ketones (excluding diaryl/α,β-unsaturated/α-hetero) is 1. The molecule has 1 fully saturated rings. The summed E-state index contributed by atoms with van der Waals surface area (Å²) in [6.45, 7) is 3.71. The molecule has 9 heteroatoms. The number of carbonyl (C=O) groups excluding carboxylic acids is 2. The summed E-state index contributed by atoms with van der Waals surface area (Å²) in [5.74, 6) is 0.260. The number of hydrogen-bond donors (Lipinski definition) is 1. The summed E-state index contributed by atoms with van der Waals surface area (Å²) < 4.78 is 16.1. The second-order valence-electron chi connectivity index (χ2n) is 10.0. The molecular formula is C27H23ClFN5O2. The van der Waals surface area contributed by atoms with Gasteiger partial charge in [0.05, 0.1) is 17.5 Å². The number of fused-ring (bicyclic) bond motifs is 2. The van der Waals surface area contributed by atoms with Crippen LogP contribution in [0.3, 0.4) is 0 Å². The Morgan fingerprint density at radius 1 is 1.19 bits per heavy atom. The Hall–Kier alpha value is -3.65. The first kappa shape index (κ1) is 22.8. The summed E-state index contributed by atoms with van der Waals surface area (Å²) >= 11 is 6.29. The quantitative estimate of drug-likeness (QED) is 0.348. The van der Waals surface area contributed by atoms with Crippen LogP contribution in [0.5, 0.6) is 0 Å². The molecule has 0 radical (unpaired) electrons. The molecule has 0 spiro atoms. The lowest BCUT2D eigenvalue weighted by molar-refractivity contribution is -0.119. The van der Waals surface area contributed by atoms with Crippen LogP contribution in [-0.2, 0) is 16.8 Å². The molecule has 0 atom stereocenters. The molecule has 36 heavy (non-hydrogen) atoms. The maximum absolute atomic E-state index is 14.4. The lowest BCUT2D eigenvalue weighted by Crippen LogP contribution is -2.28. The minimum atomic E-state index is -0.928. The summed E-state index contributed by atoms with van der Waals surface area (Å²) in [5, 5.41) is 8.78. The average Bonchev–Trinajstić information content (AvgIpc) is 3.54. The molecule has 6 rings (SSSR count). The second-order valence-corrected chi connectivity index (χ2v) is 10.5. The van der Waals surface area contributed by atoms with Gasteiger partial charge in [0.1, 0.15) is 23.0 Å². The minimum absolute atomic E-state index is 0.0971. The fourth-order valence-corrected chi connectivity index (χ4v) is 4.90. The fourth-order valence-electron chi connectivity index (χ4n) is 4.73. The minimum Gasteiger partial charge on any atom is -0.310 e. The predicted molar refractivity (Wildman–Crippen MR) is 135 cm³/mol. The maximum Gasteiger partial charge on any atom is 0.235 e. The molecule has 3 heterocycles. The molecule has 0 saturated heterocycles. The number of carbonyl (C=O) groups is 2. The zero-order valence-electron chi connectivity index (χ0n) is 19.8. The molecule has 0 bridgehead atoms.